The van der Waals surface area contributed by atoms with Gasteiger partial charge in [-0.15, -0.1) is 0 Å². The lowest BCUT2D eigenvalue weighted by Crippen LogP contribution is -2.42. The Morgan fingerprint density at radius 1 is 1.31 bits per heavy atom. The third kappa shape index (κ3) is 6.43. The fourth-order valence-corrected chi connectivity index (χ4v) is 2.69. The van der Waals surface area contributed by atoms with E-state index < -0.39 is 0 Å². The number of nitrogen functional groups attached to an aromatic ring is 1. The van der Waals surface area contributed by atoms with Crippen molar-refractivity contribution in [3.63, 3.8) is 0 Å². The van der Waals surface area contributed by atoms with Crippen LogP contribution in [0.1, 0.15) is 35.3 Å². The van der Waals surface area contributed by atoms with Crippen LogP contribution in [0.25, 0.3) is 5.57 Å². The molecule has 1 atom stereocenters. The van der Waals surface area contributed by atoms with Gasteiger partial charge in [-0.2, -0.15) is 0 Å². The van der Waals surface area contributed by atoms with E-state index in [4.69, 9.17) is 16.2 Å². The molecular weight excluding hydrogens is 366 g/mol. The molecular formula is C22H29N5O2. The van der Waals surface area contributed by atoms with Crippen LogP contribution in [0.15, 0.2) is 53.8 Å². The number of ether oxygens (including phenoxy) is 1. The van der Waals surface area contributed by atoms with E-state index in [1.54, 1.807) is 25.5 Å². The summed E-state index contributed by atoms with van der Waals surface area (Å²) in [7, 11) is 1.64. The molecule has 154 valence electrons. The van der Waals surface area contributed by atoms with Crippen molar-refractivity contribution in [1.29, 1.82) is 0 Å². The molecule has 1 unspecified atom stereocenters. The Balaban J connectivity index is 2.09. The molecule has 29 heavy (non-hydrogen) atoms. The van der Waals surface area contributed by atoms with Crippen molar-refractivity contribution in [1.82, 2.24) is 10.3 Å². The molecule has 1 amide bonds. The van der Waals surface area contributed by atoms with Crippen LogP contribution in [-0.2, 0) is 11.3 Å². The normalized spacial score (nSPS) is 13.0. The van der Waals surface area contributed by atoms with Gasteiger partial charge in [-0.05, 0) is 17.5 Å². The first-order valence-corrected chi connectivity index (χ1v) is 9.48. The van der Waals surface area contributed by atoms with Crippen molar-refractivity contribution < 1.29 is 9.53 Å². The molecule has 0 bridgehead atoms. The van der Waals surface area contributed by atoms with Crippen LogP contribution in [0, 0.1) is 5.92 Å². The molecule has 2 rings (SSSR count). The summed E-state index contributed by atoms with van der Waals surface area (Å²) in [6, 6.07) is 11.4. The zero-order valence-corrected chi connectivity index (χ0v) is 17.1. The third-order valence-corrected chi connectivity index (χ3v) is 4.47. The predicted octanol–water partition coefficient (Wildman–Crippen LogP) is 2.64. The van der Waals surface area contributed by atoms with Crippen molar-refractivity contribution in [2.45, 2.75) is 26.5 Å². The highest BCUT2D eigenvalue weighted by Gasteiger charge is 2.20. The van der Waals surface area contributed by atoms with E-state index in [1.165, 1.54) is 6.20 Å². The number of rotatable bonds is 9. The van der Waals surface area contributed by atoms with Crippen LogP contribution < -0.4 is 16.8 Å². The maximum absolute atomic E-state index is 12.9. The van der Waals surface area contributed by atoms with Crippen molar-refractivity contribution in [2.24, 2.45) is 16.6 Å². The van der Waals surface area contributed by atoms with E-state index in [0.29, 0.717) is 29.9 Å². The van der Waals surface area contributed by atoms with Gasteiger partial charge in [0.05, 0.1) is 24.8 Å². The standard InChI is InChI=1S/C22H29N5O2/c1-15(2)20(14-29-13-16-7-5-4-6-8-16)27-22(28)19-9-17(12-26-21(19)24)18(10-23)11-25-3/h4-12,15,20H,13-14,23H2,1-3H3,(H2,24,26)(H,27,28). The number of benzene rings is 1. The molecule has 0 spiro atoms. The Hall–Kier alpha value is -3.19. The molecule has 0 fully saturated rings. The van der Waals surface area contributed by atoms with Crippen molar-refractivity contribution in [3.05, 3.63) is 65.5 Å². The summed E-state index contributed by atoms with van der Waals surface area (Å²) in [5.41, 5.74) is 14.3. The Morgan fingerprint density at radius 2 is 2.03 bits per heavy atom. The maximum Gasteiger partial charge on any atom is 0.255 e. The number of anilines is 1. The quantitative estimate of drug-likeness (QED) is 0.565. The van der Waals surface area contributed by atoms with Gasteiger partial charge in [0.25, 0.3) is 5.91 Å². The Bertz CT molecular complexity index is 863. The topological polar surface area (TPSA) is 116 Å². The summed E-state index contributed by atoms with van der Waals surface area (Å²) in [5, 5.41) is 3.01. The average Bonchev–Trinajstić information content (AvgIpc) is 2.72. The van der Waals surface area contributed by atoms with Gasteiger partial charge in [0.1, 0.15) is 5.82 Å². The molecule has 7 nitrogen and oxygen atoms in total. The number of allylic oxidation sites excluding steroid dienone is 1. The minimum absolute atomic E-state index is 0.156. The number of hydrogen-bond donors (Lipinski definition) is 3. The zero-order chi connectivity index (χ0) is 21.2. The largest absolute Gasteiger partial charge is 0.404 e. The number of aromatic nitrogens is 1. The number of nitrogens with zero attached hydrogens (tertiary/aromatic N) is 2. The highest BCUT2D eigenvalue weighted by atomic mass is 16.5. The van der Waals surface area contributed by atoms with E-state index >= 15 is 0 Å². The molecule has 0 saturated carbocycles. The van der Waals surface area contributed by atoms with E-state index in [-0.39, 0.29) is 23.7 Å². The molecule has 2 aromatic rings. The summed E-state index contributed by atoms with van der Waals surface area (Å²) in [5.74, 6) is 0.0336. The van der Waals surface area contributed by atoms with Crippen molar-refractivity contribution in [2.75, 3.05) is 19.4 Å². The fourth-order valence-electron chi connectivity index (χ4n) is 2.69. The molecule has 0 saturated heterocycles. The molecule has 1 aromatic heterocycles. The Kier molecular flexibility index (Phi) is 8.36. The van der Waals surface area contributed by atoms with Gasteiger partial charge in [-0.3, -0.25) is 9.79 Å². The van der Waals surface area contributed by atoms with Gasteiger partial charge < -0.3 is 21.5 Å². The number of carbonyl (C=O) groups excluding carboxylic acids is 1. The minimum atomic E-state index is -0.302. The summed E-state index contributed by atoms with van der Waals surface area (Å²) in [6.07, 6.45) is 4.58. The molecule has 7 heteroatoms. The summed E-state index contributed by atoms with van der Waals surface area (Å²) in [4.78, 5) is 21.0. The molecule has 1 heterocycles. The lowest BCUT2D eigenvalue weighted by atomic mass is 10.0. The van der Waals surface area contributed by atoms with Gasteiger partial charge in [0, 0.05) is 36.8 Å². The van der Waals surface area contributed by atoms with E-state index in [0.717, 1.165) is 5.56 Å². The van der Waals surface area contributed by atoms with Crippen LogP contribution in [0.4, 0.5) is 5.82 Å². The van der Waals surface area contributed by atoms with Crippen molar-refractivity contribution >= 4 is 23.5 Å². The van der Waals surface area contributed by atoms with Crippen LogP contribution in [0.5, 0.6) is 0 Å². The number of nitrogens with two attached hydrogens (primary N) is 2. The number of amides is 1. The van der Waals surface area contributed by atoms with Crippen LogP contribution >= 0.6 is 0 Å². The first-order valence-electron chi connectivity index (χ1n) is 9.48. The molecule has 1 aromatic carbocycles. The summed E-state index contributed by atoms with van der Waals surface area (Å²) < 4.78 is 5.82. The lowest BCUT2D eigenvalue weighted by molar-refractivity contribution is 0.0724. The van der Waals surface area contributed by atoms with Crippen LogP contribution in [0.3, 0.4) is 0 Å². The highest BCUT2D eigenvalue weighted by molar-refractivity contribution is 6.10. The molecule has 0 aliphatic carbocycles. The molecule has 0 aliphatic rings. The molecule has 0 aliphatic heterocycles. The third-order valence-electron chi connectivity index (χ3n) is 4.47. The second-order valence-electron chi connectivity index (χ2n) is 6.99. The lowest BCUT2D eigenvalue weighted by Gasteiger charge is -2.23. The van der Waals surface area contributed by atoms with Crippen LogP contribution in [0.2, 0.25) is 0 Å². The van der Waals surface area contributed by atoms with Gasteiger partial charge >= 0.3 is 0 Å². The van der Waals surface area contributed by atoms with Gasteiger partial charge in [0.15, 0.2) is 0 Å². The van der Waals surface area contributed by atoms with E-state index in [2.05, 4.69) is 15.3 Å². The fraction of sp³-hybridized carbons (Fsp3) is 0.318. The first-order chi connectivity index (χ1) is 14.0. The number of nitrogens with one attached hydrogen (secondary N) is 1. The number of aliphatic imine (C=N–C) groups is 1. The van der Waals surface area contributed by atoms with Crippen molar-refractivity contribution in [3.8, 4) is 0 Å². The van der Waals surface area contributed by atoms with E-state index in [9.17, 15) is 4.79 Å². The number of hydrogen-bond acceptors (Lipinski definition) is 6. The first kappa shape index (κ1) is 22.1. The molecule has 0 radical (unpaired) electrons. The second kappa shape index (κ2) is 11.0. The summed E-state index contributed by atoms with van der Waals surface area (Å²) >= 11 is 0. The highest BCUT2D eigenvalue weighted by Crippen LogP contribution is 2.17. The zero-order valence-electron chi connectivity index (χ0n) is 17.1. The second-order valence-corrected chi connectivity index (χ2v) is 6.99. The van der Waals surface area contributed by atoms with E-state index in [1.807, 2.05) is 44.2 Å². The predicted molar refractivity (Wildman–Crippen MR) is 117 cm³/mol. The monoisotopic (exact) mass is 395 g/mol. The smallest absolute Gasteiger partial charge is 0.255 e. The van der Waals surface area contributed by atoms with Gasteiger partial charge in [-0.25, -0.2) is 4.98 Å². The maximum atomic E-state index is 12.9. The van der Waals surface area contributed by atoms with Gasteiger partial charge in [-0.1, -0.05) is 44.2 Å². The summed E-state index contributed by atoms with van der Waals surface area (Å²) in [6.45, 7) is 4.94. The average molecular weight is 396 g/mol. The minimum Gasteiger partial charge on any atom is -0.404 e. The van der Waals surface area contributed by atoms with Crippen LogP contribution in [-0.4, -0.2) is 36.8 Å². The molecule has 5 N–H and O–H groups in total. The van der Waals surface area contributed by atoms with Gasteiger partial charge in [0.2, 0.25) is 0 Å². The SMILES string of the molecule is CN=CC(=CN)c1cnc(N)c(C(=O)NC(COCc2ccccc2)C(C)C)c1. The number of pyridine rings is 1. The Labute approximate surface area is 171 Å². The number of carbonyl (C=O) groups is 1. The Morgan fingerprint density at radius 3 is 2.66 bits per heavy atom.